The molecule has 0 bridgehead atoms. The van der Waals surface area contributed by atoms with Crippen LogP contribution in [0.15, 0.2) is 72.0 Å². The zero-order chi connectivity index (χ0) is 21.2. The number of nitrogens with one attached hydrogen (secondary N) is 1. The topological polar surface area (TPSA) is 68.9 Å². The Kier molecular flexibility index (Phi) is 5.22. The lowest BCUT2D eigenvalue weighted by atomic mass is 10.0. The third-order valence-corrected chi connectivity index (χ3v) is 5.90. The fourth-order valence-corrected chi connectivity index (χ4v) is 4.44. The van der Waals surface area contributed by atoms with Gasteiger partial charge >= 0.3 is 0 Å². The maximum Gasteiger partial charge on any atom is 0.258 e. The van der Waals surface area contributed by atoms with Crippen molar-refractivity contribution in [1.82, 2.24) is 19.4 Å². The Morgan fingerprint density at radius 3 is 2.32 bits per heavy atom. The van der Waals surface area contributed by atoms with E-state index in [9.17, 15) is 9.59 Å². The monoisotopic (exact) mass is 412 g/mol. The maximum atomic E-state index is 13.3. The predicted molar refractivity (Wildman–Crippen MR) is 121 cm³/mol. The SMILES string of the molecule is O=C1c2ccccc2-c2c1c1ccccc1c(=O)n2CCCNCCCn1ccnc1. The summed E-state index contributed by atoms with van der Waals surface area (Å²) in [4.78, 5) is 30.6. The number of carbonyl (C=O) groups excluding carboxylic acids is 1. The average molecular weight is 412 g/mol. The number of aryl methyl sites for hydroxylation is 1. The summed E-state index contributed by atoms with van der Waals surface area (Å²) in [6.07, 6.45) is 7.41. The molecule has 5 rings (SSSR count). The van der Waals surface area contributed by atoms with Crippen molar-refractivity contribution in [1.29, 1.82) is 0 Å². The molecule has 0 saturated carbocycles. The number of pyridine rings is 1. The summed E-state index contributed by atoms with van der Waals surface area (Å²) in [5.41, 5.74) is 2.94. The zero-order valence-electron chi connectivity index (χ0n) is 17.3. The standard InChI is InChI=1S/C25H24N4O2/c30-24-20-9-3-2-8-19(20)23-22(24)18-7-1-4-10-21(18)25(31)29(23)15-6-12-26-11-5-14-28-16-13-27-17-28/h1-4,7-10,13,16-17,26H,5-6,11-12,14-15H2. The molecule has 1 aliphatic rings. The lowest BCUT2D eigenvalue weighted by Gasteiger charge is -2.15. The number of nitrogens with zero attached hydrogens (tertiary/aromatic N) is 3. The van der Waals surface area contributed by atoms with Crippen molar-refractivity contribution in [3.63, 3.8) is 0 Å². The van der Waals surface area contributed by atoms with Gasteiger partial charge in [0.05, 0.1) is 17.6 Å². The van der Waals surface area contributed by atoms with Crippen LogP contribution in [0.2, 0.25) is 0 Å². The lowest BCUT2D eigenvalue weighted by molar-refractivity contribution is 0.104. The Labute approximate surface area is 180 Å². The molecule has 0 amide bonds. The minimum absolute atomic E-state index is 0.00757. The molecule has 156 valence electrons. The minimum atomic E-state index is -0.0287. The number of benzene rings is 2. The van der Waals surface area contributed by atoms with E-state index in [0.29, 0.717) is 23.1 Å². The fourth-order valence-electron chi connectivity index (χ4n) is 4.44. The third kappa shape index (κ3) is 3.49. The zero-order valence-corrected chi connectivity index (χ0v) is 17.3. The molecular weight excluding hydrogens is 388 g/mol. The molecule has 0 spiro atoms. The largest absolute Gasteiger partial charge is 0.337 e. The van der Waals surface area contributed by atoms with Crippen LogP contribution in [-0.4, -0.2) is 33.0 Å². The second-order valence-electron chi connectivity index (χ2n) is 7.86. The highest BCUT2D eigenvalue weighted by atomic mass is 16.1. The van der Waals surface area contributed by atoms with E-state index >= 15 is 0 Å². The van der Waals surface area contributed by atoms with Crippen molar-refractivity contribution >= 4 is 16.6 Å². The van der Waals surface area contributed by atoms with Crippen LogP contribution < -0.4 is 10.9 Å². The number of fused-ring (bicyclic) bond motifs is 5. The summed E-state index contributed by atoms with van der Waals surface area (Å²) < 4.78 is 3.86. The first kappa shape index (κ1) is 19.5. The van der Waals surface area contributed by atoms with E-state index in [-0.39, 0.29) is 11.3 Å². The molecule has 2 aromatic heterocycles. The van der Waals surface area contributed by atoms with Crippen LogP contribution in [0.25, 0.3) is 22.0 Å². The summed E-state index contributed by atoms with van der Waals surface area (Å²) in [7, 11) is 0. The Balaban J connectivity index is 1.36. The normalized spacial score (nSPS) is 12.3. The molecule has 0 fully saturated rings. The first-order chi connectivity index (χ1) is 15.3. The highest BCUT2D eigenvalue weighted by molar-refractivity contribution is 6.26. The number of carbonyl (C=O) groups is 1. The van der Waals surface area contributed by atoms with Crippen molar-refractivity contribution in [2.24, 2.45) is 0 Å². The van der Waals surface area contributed by atoms with Gasteiger partial charge in [-0.3, -0.25) is 9.59 Å². The number of hydrogen-bond acceptors (Lipinski definition) is 4. The number of imidazole rings is 1. The van der Waals surface area contributed by atoms with Crippen molar-refractivity contribution < 1.29 is 4.79 Å². The minimum Gasteiger partial charge on any atom is -0.337 e. The highest BCUT2D eigenvalue weighted by Gasteiger charge is 2.31. The van der Waals surface area contributed by atoms with Crippen LogP contribution in [0, 0.1) is 0 Å². The summed E-state index contributed by atoms with van der Waals surface area (Å²) in [5, 5.41) is 4.81. The van der Waals surface area contributed by atoms with E-state index in [1.165, 1.54) is 0 Å². The molecular formula is C25H24N4O2. The van der Waals surface area contributed by atoms with E-state index in [0.717, 1.165) is 49.1 Å². The van der Waals surface area contributed by atoms with Gasteiger partial charge in [-0.25, -0.2) is 4.98 Å². The van der Waals surface area contributed by atoms with Gasteiger partial charge in [0.1, 0.15) is 0 Å². The summed E-state index contributed by atoms with van der Waals surface area (Å²) >= 11 is 0. The van der Waals surface area contributed by atoms with Crippen molar-refractivity contribution in [2.75, 3.05) is 13.1 Å². The number of rotatable bonds is 8. The lowest BCUT2D eigenvalue weighted by Crippen LogP contribution is -2.26. The molecule has 6 heteroatoms. The first-order valence-electron chi connectivity index (χ1n) is 10.7. The number of hydrogen-bond donors (Lipinski definition) is 1. The number of aromatic nitrogens is 3. The summed E-state index contributed by atoms with van der Waals surface area (Å²) in [6.45, 7) is 3.23. The molecule has 1 aliphatic carbocycles. The van der Waals surface area contributed by atoms with Crippen molar-refractivity contribution in [3.8, 4) is 11.3 Å². The van der Waals surface area contributed by atoms with E-state index in [1.807, 2.05) is 61.1 Å². The molecule has 0 aliphatic heterocycles. The van der Waals surface area contributed by atoms with Gasteiger partial charge < -0.3 is 14.5 Å². The Morgan fingerprint density at radius 1 is 0.839 bits per heavy atom. The average Bonchev–Trinajstić information content (AvgIpc) is 3.42. The second-order valence-corrected chi connectivity index (χ2v) is 7.86. The smallest absolute Gasteiger partial charge is 0.258 e. The maximum absolute atomic E-state index is 13.3. The Bertz CT molecular complexity index is 1310. The molecule has 4 aromatic rings. The van der Waals surface area contributed by atoms with Gasteiger partial charge in [0.25, 0.3) is 5.56 Å². The first-order valence-corrected chi connectivity index (χ1v) is 10.7. The molecule has 1 N–H and O–H groups in total. The van der Waals surface area contributed by atoms with Crippen LogP contribution in [0.3, 0.4) is 0 Å². The molecule has 0 saturated heterocycles. The molecule has 31 heavy (non-hydrogen) atoms. The number of ketones is 1. The van der Waals surface area contributed by atoms with Gasteiger partial charge in [0.15, 0.2) is 5.78 Å². The van der Waals surface area contributed by atoms with Gasteiger partial charge in [-0.15, -0.1) is 0 Å². The fraction of sp³-hybridized carbons (Fsp3) is 0.240. The Hall–Kier alpha value is -3.51. The Morgan fingerprint density at radius 2 is 1.55 bits per heavy atom. The van der Waals surface area contributed by atoms with Crippen LogP contribution in [-0.2, 0) is 13.1 Å². The van der Waals surface area contributed by atoms with Crippen molar-refractivity contribution in [3.05, 3.63) is 88.7 Å². The van der Waals surface area contributed by atoms with Crippen LogP contribution >= 0.6 is 0 Å². The molecule has 0 unspecified atom stereocenters. The molecule has 2 aromatic carbocycles. The van der Waals surface area contributed by atoms with Gasteiger partial charge in [0.2, 0.25) is 0 Å². The quantitative estimate of drug-likeness (QED) is 0.396. The summed E-state index contributed by atoms with van der Waals surface area (Å²) in [5.74, 6) is 0.00757. The van der Waals surface area contributed by atoms with E-state index in [1.54, 1.807) is 10.8 Å². The van der Waals surface area contributed by atoms with Crippen LogP contribution in [0.1, 0.15) is 28.8 Å². The van der Waals surface area contributed by atoms with Gasteiger partial charge in [-0.1, -0.05) is 42.5 Å². The van der Waals surface area contributed by atoms with Gasteiger partial charge in [-0.05, 0) is 32.0 Å². The van der Waals surface area contributed by atoms with Crippen LogP contribution in [0.4, 0.5) is 0 Å². The molecule has 2 heterocycles. The molecule has 6 nitrogen and oxygen atoms in total. The molecule has 0 atom stereocenters. The highest BCUT2D eigenvalue weighted by Crippen LogP contribution is 2.39. The van der Waals surface area contributed by atoms with E-state index < -0.39 is 0 Å². The third-order valence-electron chi connectivity index (χ3n) is 5.90. The van der Waals surface area contributed by atoms with Gasteiger partial charge in [0, 0.05) is 47.4 Å². The summed E-state index contributed by atoms with van der Waals surface area (Å²) in [6, 6.07) is 15.0. The van der Waals surface area contributed by atoms with Crippen molar-refractivity contribution in [2.45, 2.75) is 25.9 Å². The predicted octanol–water partition coefficient (Wildman–Crippen LogP) is 3.48. The van der Waals surface area contributed by atoms with E-state index in [2.05, 4.69) is 14.9 Å². The second kappa shape index (κ2) is 8.32. The van der Waals surface area contributed by atoms with Gasteiger partial charge in [-0.2, -0.15) is 0 Å². The van der Waals surface area contributed by atoms with Crippen LogP contribution in [0.5, 0.6) is 0 Å². The molecule has 0 radical (unpaired) electrons. The van der Waals surface area contributed by atoms with E-state index in [4.69, 9.17) is 0 Å².